The number of nitrogens with one attached hydrogen (secondary N) is 1. The van der Waals surface area contributed by atoms with Crippen molar-refractivity contribution >= 4 is 12.0 Å². The standard InChI is InChI=1S/C35H33F3N4O4/c36-35(37,38)46-27-12-8-11-26(19-27)21-39-22-31(44)30(20-25-9-2-1-3-10-25)42-18-16-34(23-42,32-15-6-7-17-40-32)29-14-5-4-13-28(29)33(45)41-24-43/h1-15,17,19,30-31,39,44H,16,18,20-23H2/t30-,31+,34?/m0/s1. The lowest BCUT2D eigenvalue weighted by atomic mass is 9.74. The average Bonchev–Trinajstić information content (AvgIpc) is 3.50. The van der Waals surface area contributed by atoms with E-state index >= 15 is 0 Å². The van der Waals surface area contributed by atoms with E-state index in [4.69, 9.17) is 0 Å². The average molecular weight is 631 g/mol. The number of amides is 1. The molecule has 11 heteroatoms. The molecule has 5 rings (SSSR count). The summed E-state index contributed by atoms with van der Waals surface area (Å²) in [5, 5.41) is 14.8. The zero-order valence-electron chi connectivity index (χ0n) is 24.9. The highest BCUT2D eigenvalue weighted by molar-refractivity contribution is 5.99. The van der Waals surface area contributed by atoms with Crippen LogP contribution in [-0.2, 0) is 23.2 Å². The number of ether oxygens (including phenoxy) is 1. The smallest absolute Gasteiger partial charge is 0.406 e. The molecule has 4 aromatic rings. The molecule has 1 aliphatic rings. The van der Waals surface area contributed by atoms with Crippen LogP contribution >= 0.6 is 0 Å². The van der Waals surface area contributed by atoms with Crippen molar-refractivity contribution in [3.8, 4) is 5.75 Å². The second kappa shape index (κ2) is 14.6. The Morgan fingerprint density at radius 1 is 1.02 bits per heavy atom. The second-order valence-corrected chi connectivity index (χ2v) is 11.2. The Hall–Kier alpha value is -4.67. The van der Waals surface area contributed by atoms with Crippen molar-refractivity contribution in [1.82, 2.24) is 15.2 Å². The minimum absolute atomic E-state index is 0.165. The molecule has 2 heterocycles. The summed E-state index contributed by atoms with van der Waals surface area (Å²) in [5.41, 5.74) is 2.58. The third kappa shape index (κ3) is 7.94. The van der Waals surface area contributed by atoms with E-state index < -0.39 is 23.8 Å². The summed E-state index contributed by atoms with van der Waals surface area (Å²) in [6.07, 6.45) is -1.51. The summed E-state index contributed by atoms with van der Waals surface area (Å²) in [4.78, 5) is 34.2. The van der Waals surface area contributed by atoms with E-state index in [0.29, 0.717) is 37.1 Å². The molecular weight excluding hydrogens is 597 g/mol. The van der Waals surface area contributed by atoms with Gasteiger partial charge in [-0.15, -0.1) is 18.2 Å². The quantitative estimate of drug-likeness (QED) is 0.164. The van der Waals surface area contributed by atoms with E-state index in [1.165, 1.54) is 24.3 Å². The SMILES string of the molecule is O=C=NC(=O)c1ccccc1C1(c2ccccn2)CCN([C@@H](Cc2ccccc2)[C@H](O)CNCc2cccc(OC(F)(F)F)c2)C1. The number of aromatic nitrogens is 1. The van der Waals surface area contributed by atoms with Gasteiger partial charge in [-0.1, -0.05) is 66.7 Å². The predicted molar refractivity (Wildman–Crippen MR) is 165 cm³/mol. The molecule has 238 valence electrons. The number of nitrogens with zero attached hydrogens (tertiary/aromatic N) is 3. The van der Waals surface area contributed by atoms with Crippen molar-refractivity contribution in [2.24, 2.45) is 4.99 Å². The molecule has 8 nitrogen and oxygen atoms in total. The summed E-state index contributed by atoms with van der Waals surface area (Å²) in [7, 11) is 0. The van der Waals surface area contributed by atoms with Gasteiger partial charge in [0.15, 0.2) is 0 Å². The van der Waals surface area contributed by atoms with Crippen molar-refractivity contribution in [3.63, 3.8) is 0 Å². The maximum Gasteiger partial charge on any atom is 0.573 e. The van der Waals surface area contributed by atoms with Crippen LogP contribution in [-0.4, -0.2) is 65.1 Å². The zero-order chi connectivity index (χ0) is 32.6. The molecule has 1 amide bonds. The highest BCUT2D eigenvalue weighted by Gasteiger charge is 2.46. The lowest BCUT2D eigenvalue weighted by Crippen LogP contribution is -2.49. The highest BCUT2D eigenvalue weighted by atomic mass is 19.4. The van der Waals surface area contributed by atoms with Crippen molar-refractivity contribution in [2.45, 2.75) is 43.3 Å². The summed E-state index contributed by atoms with van der Waals surface area (Å²) in [5.74, 6) is -0.996. The van der Waals surface area contributed by atoms with Gasteiger partial charge in [0.2, 0.25) is 6.08 Å². The van der Waals surface area contributed by atoms with Crippen LogP contribution in [0.5, 0.6) is 5.75 Å². The van der Waals surface area contributed by atoms with E-state index in [1.807, 2.05) is 60.7 Å². The maximum atomic E-state index is 12.9. The molecule has 0 spiro atoms. The molecule has 1 aliphatic heterocycles. The molecule has 0 aliphatic carbocycles. The number of hydrogen-bond donors (Lipinski definition) is 2. The molecule has 1 fully saturated rings. The van der Waals surface area contributed by atoms with Crippen LogP contribution in [0.4, 0.5) is 13.2 Å². The number of pyridine rings is 1. The fourth-order valence-electron chi connectivity index (χ4n) is 6.24. The van der Waals surface area contributed by atoms with Crippen molar-refractivity contribution in [3.05, 3.63) is 131 Å². The van der Waals surface area contributed by atoms with Gasteiger partial charge in [-0.2, -0.15) is 0 Å². The lowest BCUT2D eigenvalue weighted by molar-refractivity contribution is -0.274. The number of benzene rings is 3. The fourth-order valence-corrected chi connectivity index (χ4v) is 6.24. The molecule has 1 saturated heterocycles. The Kier molecular flexibility index (Phi) is 10.4. The van der Waals surface area contributed by atoms with Gasteiger partial charge >= 0.3 is 6.36 Å². The highest BCUT2D eigenvalue weighted by Crippen LogP contribution is 2.43. The second-order valence-electron chi connectivity index (χ2n) is 11.2. The molecule has 2 N–H and O–H groups in total. The number of rotatable bonds is 12. The largest absolute Gasteiger partial charge is 0.573 e. The van der Waals surface area contributed by atoms with Crippen molar-refractivity contribution in [1.29, 1.82) is 0 Å². The first-order valence-corrected chi connectivity index (χ1v) is 14.8. The normalized spacial score (nSPS) is 18.0. The minimum Gasteiger partial charge on any atom is -0.406 e. The number of likely N-dealkylation sites (tertiary alicyclic amines) is 1. The van der Waals surface area contributed by atoms with Crippen LogP contribution in [0.1, 0.15) is 39.2 Å². The number of carbonyl (C=O) groups is 1. The Labute approximate surface area is 264 Å². The predicted octanol–water partition coefficient (Wildman–Crippen LogP) is 5.21. The fraction of sp³-hybridized carbons (Fsp3) is 0.286. The molecule has 0 saturated carbocycles. The first kappa shape index (κ1) is 32.7. The molecule has 0 bridgehead atoms. The van der Waals surface area contributed by atoms with Gasteiger partial charge in [0.25, 0.3) is 5.91 Å². The van der Waals surface area contributed by atoms with Crippen molar-refractivity contribution in [2.75, 3.05) is 19.6 Å². The number of hydrogen-bond acceptors (Lipinski definition) is 7. The van der Waals surface area contributed by atoms with Crippen LogP contribution in [0.15, 0.2) is 108 Å². The van der Waals surface area contributed by atoms with Crippen LogP contribution in [0.2, 0.25) is 0 Å². The molecule has 1 aromatic heterocycles. The van der Waals surface area contributed by atoms with E-state index in [0.717, 1.165) is 11.3 Å². The third-order valence-corrected chi connectivity index (χ3v) is 8.29. The molecule has 0 radical (unpaired) electrons. The summed E-state index contributed by atoms with van der Waals surface area (Å²) in [6, 6.07) is 27.8. The number of aliphatic hydroxyl groups excluding tert-OH is 1. The Morgan fingerprint density at radius 3 is 2.50 bits per heavy atom. The topological polar surface area (TPSA) is 104 Å². The van der Waals surface area contributed by atoms with Gasteiger partial charge in [-0.25, -0.2) is 4.79 Å². The minimum atomic E-state index is -4.79. The van der Waals surface area contributed by atoms with Crippen LogP contribution in [0, 0.1) is 0 Å². The van der Waals surface area contributed by atoms with Gasteiger partial charge in [0, 0.05) is 37.4 Å². The Balaban J connectivity index is 1.41. The Morgan fingerprint density at radius 2 is 1.76 bits per heavy atom. The number of carbonyl (C=O) groups excluding carboxylic acids is 2. The number of aliphatic imine (C=N–C) groups is 1. The summed E-state index contributed by atoms with van der Waals surface area (Å²) >= 11 is 0. The Bertz CT molecular complexity index is 1670. The van der Waals surface area contributed by atoms with E-state index in [2.05, 4.69) is 24.9 Å². The monoisotopic (exact) mass is 630 g/mol. The van der Waals surface area contributed by atoms with Gasteiger partial charge in [0.1, 0.15) is 5.75 Å². The summed E-state index contributed by atoms with van der Waals surface area (Å²) < 4.78 is 42.1. The van der Waals surface area contributed by atoms with Gasteiger partial charge in [0.05, 0.1) is 17.2 Å². The first-order valence-electron chi connectivity index (χ1n) is 14.8. The lowest BCUT2D eigenvalue weighted by Gasteiger charge is -2.35. The molecule has 1 unspecified atom stereocenters. The number of aliphatic hydroxyl groups is 1. The molecular formula is C35H33F3N4O4. The number of halogens is 3. The van der Waals surface area contributed by atoms with Crippen LogP contribution in [0.25, 0.3) is 0 Å². The van der Waals surface area contributed by atoms with Gasteiger partial charge in [-0.05, 0) is 66.4 Å². The van der Waals surface area contributed by atoms with E-state index in [1.54, 1.807) is 24.4 Å². The number of alkyl halides is 3. The maximum absolute atomic E-state index is 12.9. The number of isocyanates is 1. The van der Waals surface area contributed by atoms with E-state index in [-0.39, 0.29) is 30.4 Å². The van der Waals surface area contributed by atoms with Gasteiger partial charge in [-0.3, -0.25) is 14.7 Å². The summed E-state index contributed by atoms with van der Waals surface area (Å²) in [6.45, 7) is 1.37. The van der Waals surface area contributed by atoms with E-state index in [9.17, 15) is 27.9 Å². The van der Waals surface area contributed by atoms with Crippen LogP contribution in [0.3, 0.4) is 0 Å². The van der Waals surface area contributed by atoms with Crippen molar-refractivity contribution < 1.29 is 32.6 Å². The third-order valence-electron chi connectivity index (χ3n) is 8.29. The van der Waals surface area contributed by atoms with Crippen LogP contribution < -0.4 is 10.1 Å². The zero-order valence-corrected chi connectivity index (χ0v) is 24.9. The molecule has 3 aromatic carbocycles. The molecule has 3 atom stereocenters. The molecule has 46 heavy (non-hydrogen) atoms. The van der Waals surface area contributed by atoms with Gasteiger partial charge < -0.3 is 15.2 Å². The first-order chi connectivity index (χ1) is 22.2.